The maximum atomic E-state index is 11.9. The van der Waals surface area contributed by atoms with Gasteiger partial charge in [-0.05, 0) is 43.3 Å². The van der Waals surface area contributed by atoms with Crippen LogP contribution >= 0.6 is 11.6 Å². The molecule has 0 aliphatic heterocycles. The van der Waals surface area contributed by atoms with Gasteiger partial charge in [-0.1, -0.05) is 17.7 Å². The van der Waals surface area contributed by atoms with Crippen molar-refractivity contribution >= 4 is 23.3 Å². The monoisotopic (exact) mass is 291 g/mol. The predicted molar refractivity (Wildman–Crippen MR) is 78.3 cm³/mol. The summed E-state index contributed by atoms with van der Waals surface area (Å²) in [6, 6.07) is 11.7. The summed E-state index contributed by atoms with van der Waals surface area (Å²) in [5, 5.41) is 0.601. The van der Waals surface area contributed by atoms with Crippen LogP contribution in [-0.4, -0.2) is 12.6 Å². The van der Waals surface area contributed by atoms with Crippen LogP contribution in [0, 0.1) is 0 Å². The number of carbonyl (C=O) groups is 1. The van der Waals surface area contributed by atoms with Gasteiger partial charge in [-0.15, -0.1) is 0 Å². The van der Waals surface area contributed by atoms with Gasteiger partial charge in [0.15, 0.2) is 5.75 Å². The summed E-state index contributed by atoms with van der Waals surface area (Å²) in [4.78, 5) is 11.9. The molecule has 2 aromatic rings. The standard InChI is InChI=1S/C15H14ClNO3/c1-2-19-15(18)12-4-3-5-13(17)14(12)20-11-8-6-10(16)7-9-11/h3-9H,2,17H2,1H3. The Bertz CT molecular complexity index is 611. The summed E-state index contributed by atoms with van der Waals surface area (Å²) in [6.07, 6.45) is 0. The Morgan fingerprint density at radius 3 is 2.55 bits per heavy atom. The third-order valence-electron chi connectivity index (χ3n) is 2.57. The van der Waals surface area contributed by atoms with Gasteiger partial charge in [0, 0.05) is 5.02 Å². The molecule has 2 rings (SSSR count). The minimum Gasteiger partial charge on any atom is -0.462 e. The molecule has 0 radical (unpaired) electrons. The molecular formula is C15H14ClNO3. The molecule has 20 heavy (non-hydrogen) atoms. The molecule has 0 fully saturated rings. The second-order valence-corrected chi connectivity index (χ2v) is 4.44. The van der Waals surface area contributed by atoms with E-state index >= 15 is 0 Å². The predicted octanol–water partition coefficient (Wildman–Crippen LogP) is 3.89. The summed E-state index contributed by atoms with van der Waals surface area (Å²) in [7, 11) is 0. The maximum absolute atomic E-state index is 11.9. The number of nitrogens with two attached hydrogens (primary N) is 1. The molecule has 0 aliphatic rings. The number of para-hydroxylation sites is 1. The molecule has 0 aromatic heterocycles. The second-order valence-electron chi connectivity index (χ2n) is 4.00. The highest BCUT2D eigenvalue weighted by Crippen LogP contribution is 2.32. The first-order chi connectivity index (χ1) is 9.61. The first-order valence-electron chi connectivity index (χ1n) is 6.11. The van der Waals surface area contributed by atoms with E-state index in [-0.39, 0.29) is 12.4 Å². The molecular weight excluding hydrogens is 278 g/mol. The van der Waals surface area contributed by atoms with Crippen LogP contribution in [0.15, 0.2) is 42.5 Å². The number of nitrogen functional groups attached to an aromatic ring is 1. The van der Waals surface area contributed by atoms with E-state index in [4.69, 9.17) is 26.8 Å². The van der Waals surface area contributed by atoms with E-state index in [9.17, 15) is 4.79 Å². The molecule has 2 aromatic carbocycles. The molecule has 0 unspecified atom stereocenters. The first-order valence-corrected chi connectivity index (χ1v) is 6.48. The van der Waals surface area contributed by atoms with Crippen molar-refractivity contribution in [2.24, 2.45) is 0 Å². The van der Waals surface area contributed by atoms with Crippen molar-refractivity contribution in [3.05, 3.63) is 53.1 Å². The van der Waals surface area contributed by atoms with Crippen LogP contribution in [0.4, 0.5) is 5.69 Å². The van der Waals surface area contributed by atoms with Gasteiger partial charge >= 0.3 is 5.97 Å². The van der Waals surface area contributed by atoms with Crippen molar-refractivity contribution in [2.45, 2.75) is 6.92 Å². The van der Waals surface area contributed by atoms with Gasteiger partial charge in [-0.2, -0.15) is 0 Å². The third-order valence-corrected chi connectivity index (χ3v) is 2.83. The van der Waals surface area contributed by atoms with Crippen LogP contribution in [0.1, 0.15) is 17.3 Å². The van der Waals surface area contributed by atoms with Gasteiger partial charge in [-0.25, -0.2) is 4.79 Å². The minimum atomic E-state index is -0.469. The molecule has 0 heterocycles. The van der Waals surface area contributed by atoms with Crippen molar-refractivity contribution in [3.63, 3.8) is 0 Å². The van der Waals surface area contributed by atoms with Gasteiger partial charge in [0.2, 0.25) is 0 Å². The SMILES string of the molecule is CCOC(=O)c1cccc(N)c1Oc1ccc(Cl)cc1. The fraction of sp³-hybridized carbons (Fsp3) is 0.133. The smallest absolute Gasteiger partial charge is 0.342 e. The normalized spacial score (nSPS) is 10.1. The average molecular weight is 292 g/mol. The first kappa shape index (κ1) is 14.2. The Labute approximate surface area is 122 Å². The van der Waals surface area contributed by atoms with Crippen LogP contribution in [-0.2, 0) is 4.74 Å². The summed E-state index contributed by atoms with van der Waals surface area (Å²) >= 11 is 5.81. The van der Waals surface area contributed by atoms with Crippen molar-refractivity contribution in [2.75, 3.05) is 12.3 Å². The number of carbonyl (C=O) groups excluding carboxylic acids is 1. The molecule has 0 bridgehead atoms. The quantitative estimate of drug-likeness (QED) is 0.686. The number of benzene rings is 2. The topological polar surface area (TPSA) is 61.5 Å². The second kappa shape index (κ2) is 6.30. The van der Waals surface area contributed by atoms with Crippen LogP contribution in [0.2, 0.25) is 5.02 Å². The van der Waals surface area contributed by atoms with E-state index in [2.05, 4.69) is 0 Å². The summed E-state index contributed by atoms with van der Waals surface area (Å²) in [5.74, 6) is 0.356. The number of hydrogen-bond acceptors (Lipinski definition) is 4. The lowest BCUT2D eigenvalue weighted by Gasteiger charge is -2.12. The van der Waals surface area contributed by atoms with E-state index in [1.54, 1.807) is 49.4 Å². The number of anilines is 1. The molecule has 0 saturated carbocycles. The number of hydrogen-bond donors (Lipinski definition) is 1. The highest BCUT2D eigenvalue weighted by Gasteiger charge is 2.16. The highest BCUT2D eigenvalue weighted by atomic mass is 35.5. The van der Waals surface area contributed by atoms with E-state index < -0.39 is 5.97 Å². The van der Waals surface area contributed by atoms with Crippen LogP contribution in [0.3, 0.4) is 0 Å². The molecule has 0 spiro atoms. The number of halogens is 1. The number of ether oxygens (including phenoxy) is 2. The minimum absolute atomic E-state index is 0.285. The molecule has 104 valence electrons. The summed E-state index contributed by atoms with van der Waals surface area (Å²) < 4.78 is 10.7. The third kappa shape index (κ3) is 3.22. The Morgan fingerprint density at radius 1 is 1.20 bits per heavy atom. The van der Waals surface area contributed by atoms with Gasteiger partial charge in [0.25, 0.3) is 0 Å². The zero-order valence-electron chi connectivity index (χ0n) is 10.9. The van der Waals surface area contributed by atoms with Crippen LogP contribution in [0.5, 0.6) is 11.5 Å². The number of rotatable bonds is 4. The highest BCUT2D eigenvalue weighted by molar-refractivity contribution is 6.30. The molecule has 0 atom stereocenters. The van der Waals surface area contributed by atoms with E-state index in [0.717, 1.165) is 0 Å². The Balaban J connectivity index is 2.34. The largest absolute Gasteiger partial charge is 0.462 e. The summed E-state index contributed by atoms with van der Waals surface area (Å²) in [6.45, 7) is 2.03. The van der Waals surface area contributed by atoms with Gasteiger partial charge in [0.1, 0.15) is 11.3 Å². The van der Waals surface area contributed by atoms with Crippen LogP contribution in [0.25, 0.3) is 0 Å². The lowest BCUT2D eigenvalue weighted by atomic mass is 10.1. The molecule has 5 heteroatoms. The molecule has 4 nitrogen and oxygen atoms in total. The fourth-order valence-electron chi connectivity index (χ4n) is 1.66. The fourth-order valence-corrected chi connectivity index (χ4v) is 1.78. The van der Waals surface area contributed by atoms with Crippen LogP contribution < -0.4 is 10.5 Å². The lowest BCUT2D eigenvalue weighted by Crippen LogP contribution is -2.07. The van der Waals surface area contributed by atoms with E-state index in [1.807, 2.05) is 0 Å². The van der Waals surface area contributed by atoms with Gasteiger partial charge < -0.3 is 15.2 Å². The molecule has 0 saturated heterocycles. The summed E-state index contributed by atoms with van der Waals surface area (Å²) in [5.41, 5.74) is 6.53. The van der Waals surface area contributed by atoms with Crippen molar-refractivity contribution in [1.29, 1.82) is 0 Å². The maximum Gasteiger partial charge on any atom is 0.342 e. The Morgan fingerprint density at radius 2 is 1.90 bits per heavy atom. The molecule has 2 N–H and O–H groups in total. The van der Waals surface area contributed by atoms with Gasteiger partial charge in [0.05, 0.1) is 12.3 Å². The Kier molecular flexibility index (Phi) is 4.48. The van der Waals surface area contributed by atoms with Gasteiger partial charge in [-0.3, -0.25) is 0 Å². The molecule has 0 aliphatic carbocycles. The number of esters is 1. The van der Waals surface area contributed by atoms with E-state index in [1.165, 1.54) is 0 Å². The lowest BCUT2D eigenvalue weighted by molar-refractivity contribution is 0.0523. The van der Waals surface area contributed by atoms with Crippen molar-refractivity contribution < 1.29 is 14.3 Å². The zero-order chi connectivity index (χ0) is 14.5. The zero-order valence-corrected chi connectivity index (χ0v) is 11.7. The molecule has 0 amide bonds. The van der Waals surface area contributed by atoms with Crippen molar-refractivity contribution in [1.82, 2.24) is 0 Å². The van der Waals surface area contributed by atoms with Crippen molar-refractivity contribution in [3.8, 4) is 11.5 Å². The average Bonchev–Trinajstić information content (AvgIpc) is 2.43. The van der Waals surface area contributed by atoms with E-state index in [0.29, 0.717) is 22.0 Å². The Hall–Kier alpha value is -2.20.